The SMILES string of the molecule is Nc1ccc(Nc2ncnc3[nH]c(C4=CCN(C(=O)Nc5ccc(F)cc5)CC4)cc23)cc1C=[NH2+]. The van der Waals surface area contributed by atoms with Crippen molar-refractivity contribution in [3.05, 3.63) is 78.0 Å². The molecule has 35 heavy (non-hydrogen) atoms. The molecule has 0 radical (unpaired) electrons. The fraction of sp³-hybridized carbons (Fsp3) is 0.120. The average Bonchev–Trinajstić information content (AvgIpc) is 3.32. The van der Waals surface area contributed by atoms with E-state index in [-0.39, 0.29) is 11.8 Å². The summed E-state index contributed by atoms with van der Waals surface area (Å²) in [4.78, 5) is 26.4. The first-order chi connectivity index (χ1) is 17.0. The van der Waals surface area contributed by atoms with Crippen LogP contribution in [-0.2, 0) is 0 Å². The van der Waals surface area contributed by atoms with Gasteiger partial charge in [0.25, 0.3) is 0 Å². The minimum absolute atomic E-state index is 0.224. The molecular formula is C25H24FN8O+. The van der Waals surface area contributed by atoms with Crippen LogP contribution in [0, 0.1) is 5.82 Å². The van der Waals surface area contributed by atoms with Gasteiger partial charge in [-0.1, -0.05) is 6.08 Å². The molecule has 176 valence electrons. The molecule has 0 aliphatic carbocycles. The van der Waals surface area contributed by atoms with Gasteiger partial charge in [-0.25, -0.2) is 19.2 Å². The van der Waals surface area contributed by atoms with Crippen molar-refractivity contribution in [2.24, 2.45) is 0 Å². The van der Waals surface area contributed by atoms with Crippen molar-refractivity contribution in [2.45, 2.75) is 6.42 Å². The number of nitrogens with two attached hydrogens (primary N) is 2. The average molecular weight is 472 g/mol. The molecule has 0 bridgehead atoms. The quantitative estimate of drug-likeness (QED) is 0.225. The standard InChI is InChI=1S/C25H23FN8O/c26-17-1-3-18(4-2-17)32-25(35)34-9-7-15(8-10-34)22-12-20-23(29-14-30-24(20)33-22)31-19-5-6-21(28)16(11-19)13-27/h1-7,11-14,27H,8-10,28H2,(H,32,35)(H2,29,30,31,33)/p+1. The molecule has 3 heterocycles. The van der Waals surface area contributed by atoms with Gasteiger partial charge in [-0.15, -0.1) is 0 Å². The first kappa shape index (κ1) is 22.1. The van der Waals surface area contributed by atoms with E-state index in [1.54, 1.807) is 11.0 Å². The van der Waals surface area contributed by atoms with Gasteiger partial charge in [-0.05, 0) is 60.5 Å². The molecule has 1 aliphatic rings. The number of nitrogens with one attached hydrogen (secondary N) is 3. The molecular weight excluding hydrogens is 447 g/mol. The Morgan fingerprint density at radius 3 is 2.69 bits per heavy atom. The zero-order valence-corrected chi connectivity index (χ0v) is 18.8. The minimum atomic E-state index is -0.345. The van der Waals surface area contributed by atoms with E-state index >= 15 is 0 Å². The highest BCUT2D eigenvalue weighted by atomic mass is 19.1. The van der Waals surface area contributed by atoms with E-state index in [1.165, 1.54) is 36.8 Å². The predicted molar refractivity (Wildman–Crippen MR) is 135 cm³/mol. The summed E-state index contributed by atoms with van der Waals surface area (Å²) < 4.78 is 13.1. The molecule has 0 saturated heterocycles. The summed E-state index contributed by atoms with van der Waals surface area (Å²) >= 11 is 0. The fourth-order valence-electron chi connectivity index (χ4n) is 3.98. The summed E-state index contributed by atoms with van der Waals surface area (Å²) in [6, 6.07) is 13.0. The van der Waals surface area contributed by atoms with Crippen LogP contribution in [0.3, 0.4) is 0 Å². The van der Waals surface area contributed by atoms with Crippen LogP contribution in [0.2, 0.25) is 0 Å². The molecule has 0 fully saturated rings. The highest BCUT2D eigenvalue weighted by molar-refractivity contribution is 5.94. The molecule has 0 atom stereocenters. The lowest BCUT2D eigenvalue weighted by molar-refractivity contribution is -0.104. The number of aromatic nitrogens is 3. The Morgan fingerprint density at radius 1 is 1.14 bits per heavy atom. The van der Waals surface area contributed by atoms with Crippen molar-refractivity contribution in [1.29, 1.82) is 0 Å². The van der Waals surface area contributed by atoms with Crippen molar-refractivity contribution in [3.63, 3.8) is 0 Å². The van der Waals surface area contributed by atoms with Gasteiger partial charge in [-0.3, -0.25) is 5.41 Å². The number of amides is 2. The number of hydrogen-bond acceptors (Lipinski definition) is 5. The molecule has 2 aromatic heterocycles. The van der Waals surface area contributed by atoms with Crippen molar-refractivity contribution in [3.8, 4) is 0 Å². The molecule has 10 heteroatoms. The number of nitrogens with zero attached hydrogens (tertiary/aromatic N) is 3. The third kappa shape index (κ3) is 4.67. The molecule has 5 rings (SSSR count). The maximum absolute atomic E-state index is 13.1. The Hall–Kier alpha value is -4.73. The van der Waals surface area contributed by atoms with Gasteiger partial charge in [0, 0.05) is 35.8 Å². The second kappa shape index (κ2) is 9.26. The molecule has 7 N–H and O–H groups in total. The van der Waals surface area contributed by atoms with Gasteiger partial charge >= 0.3 is 6.03 Å². The molecule has 0 saturated carbocycles. The highest BCUT2D eigenvalue weighted by Gasteiger charge is 2.20. The molecule has 4 aromatic rings. The maximum Gasteiger partial charge on any atom is 0.322 e. The fourth-order valence-corrected chi connectivity index (χ4v) is 3.98. The van der Waals surface area contributed by atoms with Crippen LogP contribution in [-0.4, -0.2) is 45.2 Å². The number of nitrogen functional groups attached to an aromatic ring is 1. The van der Waals surface area contributed by atoms with Crippen molar-refractivity contribution >= 4 is 51.7 Å². The normalized spacial score (nSPS) is 13.4. The summed E-state index contributed by atoms with van der Waals surface area (Å²) in [5.74, 6) is 0.309. The summed E-state index contributed by atoms with van der Waals surface area (Å²) in [6.07, 6.45) is 5.65. The lowest BCUT2D eigenvalue weighted by Crippen LogP contribution is -2.37. The third-order valence-electron chi connectivity index (χ3n) is 5.89. The number of urea groups is 1. The van der Waals surface area contributed by atoms with Crippen LogP contribution >= 0.6 is 0 Å². The van der Waals surface area contributed by atoms with E-state index < -0.39 is 0 Å². The van der Waals surface area contributed by atoms with Crippen LogP contribution in [0.4, 0.5) is 32.1 Å². The van der Waals surface area contributed by atoms with Gasteiger partial charge < -0.3 is 26.3 Å². The number of benzene rings is 2. The molecule has 2 aromatic carbocycles. The van der Waals surface area contributed by atoms with Gasteiger partial charge in [0.1, 0.15) is 23.6 Å². The number of H-pyrrole nitrogens is 1. The zero-order valence-electron chi connectivity index (χ0n) is 18.8. The zero-order chi connectivity index (χ0) is 24.4. The molecule has 0 spiro atoms. The lowest BCUT2D eigenvalue weighted by Gasteiger charge is -2.26. The van der Waals surface area contributed by atoms with Crippen molar-refractivity contribution < 1.29 is 14.6 Å². The maximum atomic E-state index is 13.1. The third-order valence-corrected chi connectivity index (χ3v) is 5.89. The van der Waals surface area contributed by atoms with E-state index in [1.807, 2.05) is 24.3 Å². The first-order valence-corrected chi connectivity index (χ1v) is 11.1. The van der Waals surface area contributed by atoms with Gasteiger partial charge in [0.05, 0.1) is 10.9 Å². The van der Waals surface area contributed by atoms with Crippen LogP contribution in [0.1, 0.15) is 17.7 Å². The number of halogens is 1. The monoisotopic (exact) mass is 471 g/mol. The van der Waals surface area contributed by atoms with E-state index in [4.69, 9.17) is 11.1 Å². The van der Waals surface area contributed by atoms with Crippen LogP contribution < -0.4 is 21.8 Å². The van der Waals surface area contributed by atoms with Crippen LogP contribution in [0.5, 0.6) is 0 Å². The van der Waals surface area contributed by atoms with E-state index in [9.17, 15) is 9.18 Å². The number of fused-ring (bicyclic) bond motifs is 1. The minimum Gasteiger partial charge on any atom is -0.398 e. The molecule has 9 nitrogen and oxygen atoms in total. The van der Waals surface area contributed by atoms with Gasteiger partial charge in [0.2, 0.25) is 0 Å². The molecule has 0 unspecified atom stereocenters. The Bertz CT molecular complexity index is 1440. The Labute approximate surface area is 200 Å². The highest BCUT2D eigenvalue weighted by Crippen LogP contribution is 2.29. The first-order valence-electron chi connectivity index (χ1n) is 11.1. The smallest absolute Gasteiger partial charge is 0.322 e. The van der Waals surface area contributed by atoms with Crippen LogP contribution in [0.25, 0.3) is 16.6 Å². The number of anilines is 4. The predicted octanol–water partition coefficient (Wildman–Crippen LogP) is 2.92. The van der Waals surface area contributed by atoms with Crippen molar-refractivity contribution in [1.82, 2.24) is 19.9 Å². The summed E-state index contributed by atoms with van der Waals surface area (Å²) in [6.45, 7) is 1.01. The van der Waals surface area contributed by atoms with E-state index in [0.29, 0.717) is 42.4 Å². The number of carbonyl (C=O) groups is 1. The van der Waals surface area contributed by atoms with Gasteiger partial charge in [-0.2, -0.15) is 0 Å². The molecule has 1 aliphatic heterocycles. The van der Waals surface area contributed by atoms with Crippen molar-refractivity contribution in [2.75, 3.05) is 29.5 Å². The lowest BCUT2D eigenvalue weighted by atomic mass is 10.1. The van der Waals surface area contributed by atoms with E-state index in [2.05, 4.69) is 25.6 Å². The Morgan fingerprint density at radius 2 is 1.94 bits per heavy atom. The topological polar surface area (TPSA) is 138 Å². The number of aromatic amines is 1. The second-order valence-electron chi connectivity index (χ2n) is 8.17. The summed E-state index contributed by atoms with van der Waals surface area (Å²) in [5.41, 5.74) is 11.3. The molecule has 2 amide bonds. The number of rotatable bonds is 5. The number of hydrogen-bond donors (Lipinski definition) is 5. The second-order valence-corrected chi connectivity index (χ2v) is 8.17. The Balaban J connectivity index is 1.32. The van der Waals surface area contributed by atoms with Crippen LogP contribution in [0.15, 0.2) is 60.9 Å². The summed E-state index contributed by atoms with van der Waals surface area (Å²) in [5, 5.41) is 12.6. The van der Waals surface area contributed by atoms with Gasteiger partial charge in [0.15, 0.2) is 6.21 Å². The number of carbonyl (C=O) groups excluding carboxylic acids is 1. The Kier molecular flexibility index (Phi) is 5.84. The summed E-state index contributed by atoms with van der Waals surface area (Å²) in [7, 11) is 0. The largest absolute Gasteiger partial charge is 0.398 e. The van der Waals surface area contributed by atoms with E-state index in [0.717, 1.165) is 27.9 Å².